The van der Waals surface area contributed by atoms with E-state index in [0.29, 0.717) is 41.8 Å². The summed E-state index contributed by atoms with van der Waals surface area (Å²) in [5.41, 5.74) is 2.74. The number of hydrogen-bond acceptors (Lipinski definition) is 4. The fourth-order valence-corrected chi connectivity index (χ4v) is 3.54. The summed E-state index contributed by atoms with van der Waals surface area (Å²) in [6.45, 7) is 3.48. The number of benzene rings is 3. The molecule has 3 rings (SSSR count). The Labute approximate surface area is 195 Å². The van der Waals surface area contributed by atoms with Crippen LogP contribution in [-0.2, 0) is 19.7 Å². The van der Waals surface area contributed by atoms with E-state index in [0.717, 1.165) is 11.1 Å². The highest BCUT2D eigenvalue weighted by atomic mass is 35.5. The van der Waals surface area contributed by atoms with Gasteiger partial charge in [0.25, 0.3) is 0 Å². The van der Waals surface area contributed by atoms with Crippen LogP contribution in [0.4, 0.5) is 4.39 Å². The predicted octanol–water partition coefficient (Wildman–Crippen LogP) is 6.10. The van der Waals surface area contributed by atoms with Crippen LogP contribution in [0, 0.1) is 5.82 Å². The Morgan fingerprint density at radius 3 is 2.34 bits per heavy atom. The van der Waals surface area contributed by atoms with Gasteiger partial charge in [0.2, 0.25) is 0 Å². The quantitative estimate of drug-likeness (QED) is 0.369. The van der Waals surface area contributed by atoms with E-state index in [2.05, 4.69) is 5.32 Å². The summed E-state index contributed by atoms with van der Waals surface area (Å²) in [7, 11) is 0. The van der Waals surface area contributed by atoms with E-state index >= 15 is 0 Å². The van der Waals surface area contributed by atoms with E-state index in [4.69, 9.17) is 37.8 Å². The topological polar surface area (TPSA) is 67.8 Å². The highest BCUT2D eigenvalue weighted by molar-refractivity contribution is 6.32. The van der Waals surface area contributed by atoms with Crippen LogP contribution in [0.25, 0.3) is 0 Å². The van der Waals surface area contributed by atoms with Crippen molar-refractivity contribution in [1.29, 1.82) is 0 Å². The Kier molecular flexibility index (Phi) is 8.33. The molecule has 3 aromatic carbocycles. The van der Waals surface area contributed by atoms with Crippen LogP contribution in [0.2, 0.25) is 10.0 Å². The summed E-state index contributed by atoms with van der Waals surface area (Å²) in [5, 5.41) is 12.9. The van der Waals surface area contributed by atoms with Crippen molar-refractivity contribution in [3.05, 3.63) is 92.7 Å². The maximum atomic E-state index is 13.2. The molecule has 32 heavy (non-hydrogen) atoms. The number of halogens is 3. The molecule has 0 saturated heterocycles. The zero-order valence-electron chi connectivity index (χ0n) is 17.3. The van der Waals surface area contributed by atoms with Gasteiger partial charge >= 0.3 is 5.97 Å². The lowest BCUT2D eigenvalue weighted by Gasteiger charge is -2.16. The van der Waals surface area contributed by atoms with Gasteiger partial charge in [0.1, 0.15) is 12.4 Å². The van der Waals surface area contributed by atoms with Crippen LogP contribution in [0.15, 0.2) is 54.6 Å². The number of aromatic carboxylic acids is 1. The molecule has 8 heteroatoms. The molecular weight excluding hydrogens is 456 g/mol. The van der Waals surface area contributed by atoms with Crippen molar-refractivity contribution in [2.75, 3.05) is 6.61 Å². The normalized spacial score (nSPS) is 10.8. The Hall–Kier alpha value is -2.80. The lowest BCUT2D eigenvalue weighted by atomic mass is 10.1. The van der Waals surface area contributed by atoms with Gasteiger partial charge in [0.05, 0.1) is 22.2 Å². The van der Waals surface area contributed by atoms with Crippen LogP contribution in [0.1, 0.15) is 34.0 Å². The van der Waals surface area contributed by atoms with Gasteiger partial charge in [0.15, 0.2) is 11.5 Å². The molecule has 0 heterocycles. The molecule has 5 nitrogen and oxygen atoms in total. The number of carbonyl (C=O) groups is 1. The van der Waals surface area contributed by atoms with Crippen LogP contribution < -0.4 is 14.8 Å². The van der Waals surface area contributed by atoms with E-state index < -0.39 is 11.8 Å². The zero-order chi connectivity index (χ0) is 23.1. The predicted molar refractivity (Wildman–Crippen MR) is 122 cm³/mol. The van der Waals surface area contributed by atoms with Gasteiger partial charge in [0, 0.05) is 18.7 Å². The highest BCUT2D eigenvalue weighted by Crippen LogP contribution is 2.37. The van der Waals surface area contributed by atoms with Crippen LogP contribution in [-0.4, -0.2) is 17.7 Å². The number of ether oxygens (including phenoxy) is 2. The average Bonchev–Trinajstić information content (AvgIpc) is 2.75. The first-order valence-corrected chi connectivity index (χ1v) is 10.7. The number of nitrogens with one attached hydrogen (secondary N) is 1. The average molecular weight is 478 g/mol. The Morgan fingerprint density at radius 1 is 0.969 bits per heavy atom. The third kappa shape index (κ3) is 6.36. The monoisotopic (exact) mass is 477 g/mol. The molecule has 0 unspecified atom stereocenters. The maximum Gasteiger partial charge on any atom is 0.335 e. The van der Waals surface area contributed by atoms with Crippen molar-refractivity contribution in [3.63, 3.8) is 0 Å². The summed E-state index contributed by atoms with van der Waals surface area (Å²) >= 11 is 12.5. The minimum absolute atomic E-state index is 0.114. The fourth-order valence-electron chi connectivity index (χ4n) is 3.03. The number of rotatable bonds is 10. The molecule has 0 atom stereocenters. The molecule has 2 N–H and O–H groups in total. The summed E-state index contributed by atoms with van der Waals surface area (Å²) in [6, 6.07) is 14.4. The van der Waals surface area contributed by atoms with Crippen LogP contribution in [0.3, 0.4) is 0 Å². The number of carboxylic acid groups (broad SMARTS) is 1. The molecule has 0 spiro atoms. The highest BCUT2D eigenvalue weighted by Gasteiger charge is 2.14. The molecule has 0 radical (unpaired) electrons. The first-order chi connectivity index (χ1) is 15.4. The second-order valence-corrected chi connectivity index (χ2v) is 7.78. The van der Waals surface area contributed by atoms with Gasteiger partial charge in [-0.1, -0.05) is 41.4 Å². The van der Waals surface area contributed by atoms with E-state index in [9.17, 15) is 9.18 Å². The minimum atomic E-state index is -0.952. The van der Waals surface area contributed by atoms with Crippen LogP contribution in [0.5, 0.6) is 11.5 Å². The number of hydrogen-bond donors (Lipinski definition) is 2. The summed E-state index contributed by atoms with van der Waals surface area (Å²) in [6.07, 6.45) is 0. The molecule has 0 aliphatic heterocycles. The van der Waals surface area contributed by atoms with Gasteiger partial charge in [-0.15, -0.1) is 0 Å². The van der Waals surface area contributed by atoms with Crippen LogP contribution >= 0.6 is 23.2 Å². The smallest absolute Gasteiger partial charge is 0.335 e. The Bertz CT molecular complexity index is 1090. The lowest BCUT2D eigenvalue weighted by Crippen LogP contribution is -2.13. The van der Waals surface area contributed by atoms with Gasteiger partial charge in [-0.3, -0.25) is 0 Å². The van der Waals surface area contributed by atoms with E-state index in [1.807, 2.05) is 13.0 Å². The van der Waals surface area contributed by atoms with E-state index in [-0.39, 0.29) is 17.2 Å². The zero-order valence-corrected chi connectivity index (χ0v) is 18.8. The van der Waals surface area contributed by atoms with Gasteiger partial charge in [-0.05, 0) is 54.4 Å². The molecule has 168 valence electrons. The van der Waals surface area contributed by atoms with Crippen molar-refractivity contribution in [1.82, 2.24) is 5.32 Å². The largest absolute Gasteiger partial charge is 0.490 e. The first-order valence-electron chi connectivity index (χ1n) is 9.92. The fraction of sp³-hybridized carbons (Fsp3) is 0.208. The third-order valence-electron chi connectivity index (χ3n) is 4.62. The van der Waals surface area contributed by atoms with E-state index in [1.54, 1.807) is 36.4 Å². The number of carboxylic acids is 1. The molecule has 0 saturated carbocycles. The standard InChI is InChI=1S/C24H22Cl2FNO4/c1-2-31-22-10-16(13-28-12-15-3-5-17(6-4-15)24(29)30)9-21(26)23(22)32-14-18-7-8-19(27)11-20(18)25/h3-11,28H,2,12-14H2,1H3,(H,29,30). The van der Waals surface area contributed by atoms with E-state index in [1.165, 1.54) is 12.1 Å². The molecule has 0 aliphatic rings. The maximum absolute atomic E-state index is 13.2. The van der Waals surface area contributed by atoms with Gasteiger partial charge in [-0.25, -0.2) is 9.18 Å². The second-order valence-electron chi connectivity index (χ2n) is 6.97. The molecule has 0 amide bonds. The Morgan fingerprint density at radius 2 is 1.69 bits per heavy atom. The summed E-state index contributed by atoms with van der Waals surface area (Å²) in [4.78, 5) is 10.9. The second kappa shape index (κ2) is 11.2. The summed E-state index contributed by atoms with van der Waals surface area (Å²) < 4.78 is 24.8. The molecule has 0 aliphatic carbocycles. The lowest BCUT2D eigenvalue weighted by molar-refractivity contribution is 0.0697. The van der Waals surface area contributed by atoms with Gasteiger partial charge < -0.3 is 19.9 Å². The van der Waals surface area contributed by atoms with Crippen molar-refractivity contribution in [2.24, 2.45) is 0 Å². The first kappa shape index (κ1) is 23.9. The molecule has 0 bridgehead atoms. The van der Waals surface area contributed by atoms with Crippen molar-refractivity contribution in [2.45, 2.75) is 26.6 Å². The minimum Gasteiger partial charge on any atom is -0.490 e. The van der Waals surface area contributed by atoms with Crippen molar-refractivity contribution < 1.29 is 23.8 Å². The van der Waals surface area contributed by atoms with Crippen molar-refractivity contribution in [3.8, 4) is 11.5 Å². The van der Waals surface area contributed by atoms with Crippen molar-refractivity contribution >= 4 is 29.2 Å². The third-order valence-corrected chi connectivity index (χ3v) is 5.25. The molecular formula is C24H22Cl2FNO4. The van der Waals surface area contributed by atoms with Gasteiger partial charge in [-0.2, -0.15) is 0 Å². The molecule has 0 aromatic heterocycles. The SMILES string of the molecule is CCOc1cc(CNCc2ccc(C(=O)O)cc2)cc(Cl)c1OCc1ccc(F)cc1Cl. The molecule has 0 fully saturated rings. The summed E-state index contributed by atoms with van der Waals surface area (Å²) in [5.74, 6) is -0.476. The molecule has 3 aromatic rings. The Balaban J connectivity index is 1.66.